The van der Waals surface area contributed by atoms with Crippen LogP contribution in [0, 0.1) is 0 Å². The highest BCUT2D eigenvalue weighted by Gasteiger charge is 2.33. The van der Waals surface area contributed by atoms with E-state index in [0.717, 1.165) is 60.4 Å². The number of alkyl halides is 3. The quantitative estimate of drug-likeness (QED) is 0.300. The van der Waals surface area contributed by atoms with E-state index in [-0.39, 0.29) is 12.1 Å². The molecule has 2 aliphatic rings. The number of hydrogen-bond donors (Lipinski definition) is 0. The Morgan fingerprint density at radius 1 is 1.09 bits per heavy atom. The SMILES string of the molecule is CCC(=O)OC(C)OC1CCN(CCCN2c3ccccc3Sc3ccc(C(F)(F)F)cc32)CC1. The second-order valence-corrected chi connectivity index (χ2v) is 9.93. The summed E-state index contributed by atoms with van der Waals surface area (Å²) in [6.07, 6.45) is -1.99. The van der Waals surface area contributed by atoms with Crippen molar-refractivity contribution in [3.8, 4) is 0 Å². The summed E-state index contributed by atoms with van der Waals surface area (Å²) in [7, 11) is 0. The van der Waals surface area contributed by atoms with E-state index in [1.54, 1.807) is 19.9 Å². The van der Waals surface area contributed by atoms with Gasteiger partial charge in [-0.2, -0.15) is 13.2 Å². The van der Waals surface area contributed by atoms with Gasteiger partial charge in [0.25, 0.3) is 0 Å². The fourth-order valence-corrected chi connectivity index (χ4v) is 5.61. The molecule has 1 unspecified atom stereocenters. The number of nitrogens with zero attached hydrogens (tertiary/aromatic N) is 2. The lowest BCUT2D eigenvalue weighted by molar-refractivity contribution is -0.188. The summed E-state index contributed by atoms with van der Waals surface area (Å²) in [5, 5.41) is 0. The summed E-state index contributed by atoms with van der Waals surface area (Å²) in [6.45, 7) is 6.74. The predicted octanol–water partition coefficient (Wildman–Crippen LogP) is 6.48. The zero-order valence-corrected chi connectivity index (χ0v) is 20.8. The van der Waals surface area contributed by atoms with Gasteiger partial charge in [-0.3, -0.25) is 4.79 Å². The van der Waals surface area contributed by atoms with Crippen LogP contribution in [0.5, 0.6) is 0 Å². The first kappa shape index (κ1) is 25.9. The summed E-state index contributed by atoms with van der Waals surface area (Å²) in [6, 6.07) is 11.9. The van der Waals surface area contributed by atoms with Crippen LogP contribution in [0.2, 0.25) is 0 Å². The lowest BCUT2D eigenvalue weighted by atomic mass is 10.1. The minimum atomic E-state index is -4.37. The van der Waals surface area contributed by atoms with E-state index in [1.807, 2.05) is 29.2 Å². The first-order valence-corrected chi connectivity index (χ1v) is 12.9. The molecule has 35 heavy (non-hydrogen) atoms. The van der Waals surface area contributed by atoms with Gasteiger partial charge in [0.05, 0.1) is 23.0 Å². The smallest absolute Gasteiger partial charge is 0.416 e. The van der Waals surface area contributed by atoms with E-state index in [2.05, 4.69) is 4.90 Å². The first-order chi connectivity index (χ1) is 16.7. The summed E-state index contributed by atoms with van der Waals surface area (Å²) in [5.74, 6) is -0.267. The molecule has 2 aromatic carbocycles. The van der Waals surface area contributed by atoms with Crippen molar-refractivity contribution in [1.82, 2.24) is 4.90 Å². The van der Waals surface area contributed by atoms with Gasteiger partial charge in [-0.1, -0.05) is 30.8 Å². The van der Waals surface area contributed by atoms with Gasteiger partial charge in [0, 0.05) is 35.8 Å². The van der Waals surface area contributed by atoms with Crippen molar-refractivity contribution in [2.45, 2.75) is 67.9 Å². The minimum absolute atomic E-state index is 0.0598. The van der Waals surface area contributed by atoms with Gasteiger partial charge in [0.15, 0.2) is 6.29 Å². The van der Waals surface area contributed by atoms with Crippen molar-refractivity contribution in [3.63, 3.8) is 0 Å². The highest BCUT2D eigenvalue weighted by Crippen LogP contribution is 2.49. The lowest BCUT2D eigenvalue weighted by Crippen LogP contribution is -2.39. The molecule has 9 heteroatoms. The number of carbonyl (C=O) groups is 1. The van der Waals surface area contributed by atoms with Gasteiger partial charge in [-0.05, 0) is 63.1 Å². The van der Waals surface area contributed by atoms with Gasteiger partial charge >= 0.3 is 12.1 Å². The van der Waals surface area contributed by atoms with E-state index in [9.17, 15) is 18.0 Å². The average molecular weight is 509 g/mol. The molecular weight excluding hydrogens is 477 g/mol. The summed E-state index contributed by atoms with van der Waals surface area (Å²) in [4.78, 5) is 17.7. The number of rotatable bonds is 8. The van der Waals surface area contributed by atoms with Crippen molar-refractivity contribution >= 4 is 29.1 Å². The first-order valence-electron chi connectivity index (χ1n) is 12.1. The Morgan fingerprint density at radius 3 is 2.51 bits per heavy atom. The largest absolute Gasteiger partial charge is 0.436 e. The van der Waals surface area contributed by atoms with Crippen molar-refractivity contribution in [2.24, 2.45) is 0 Å². The Hall–Kier alpha value is -2.23. The van der Waals surface area contributed by atoms with Crippen molar-refractivity contribution in [2.75, 3.05) is 31.1 Å². The Bertz CT molecular complexity index is 1030. The summed E-state index contributed by atoms with van der Waals surface area (Å²) in [5.41, 5.74) is 0.945. The molecule has 0 amide bonds. The topological polar surface area (TPSA) is 42.0 Å². The number of para-hydroxylation sites is 1. The van der Waals surface area contributed by atoms with Gasteiger partial charge in [-0.25, -0.2) is 0 Å². The third-order valence-corrected chi connectivity index (χ3v) is 7.44. The highest BCUT2D eigenvalue weighted by atomic mass is 32.2. The van der Waals surface area contributed by atoms with Crippen LogP contribution in [0.15, 0.2) is 52.3 Å². The lowest BCUT2D eigenvalue weighted by Gasteiger charge is -2.35. The van der Waals surface area contributed by atoms with Crippen LogP contribution in [0.25, 0.3) is 0 Å². The molecule has 1 saturated heterocycles. The van der Waals surface area contributed by atoms with Crippen molar-refractivity contribution < 1.29 is 27.4 Å². The minimum Gasteiger partial charge on any atom is -0.436 e. The second kappa shape index (κ2) is 11.2. The average Bonchev–Trinajstić information content (AvgIpc) is 2.83. The van der Waals surface area contributed by atoms with E-state index in [4.69, 9.17) is 9.47 Å². The standard InChI is InChI=1S/C26H31F3N2O3S/c1-3-25(32)34-18(2)33-20-11-15-30(16-12-20)13-6-14-31-21-7-4-5-8-23(21)35-24-10-9-19(17-22(24)31)26(27,28)29/h4-5,7-10,17-18,20H,3,6,11-16H2,1-2H3. The van der Waals surface area contributed by atoms with Crippen LogP contribution < -0.4 is 4.90 Å². The third-order valence-electron chi connectivity index (χ3n) is 6.31. The molecule has 0 aliphatic carbocycles. The summed E-state index contributed by atoms with van der Waals surface area (Å²) < 4.78 is 51.3. The molecule has 0 spiro atoms. The van der Waals surface area contributed by atoms with Crippen LogP contribution in [0.1, 0.15) is 45.1 Å². The number of halogens is 3. The molecule has 5 nitrogen and oxygen atoms in total. The van der Waals surface area contributed by atoms with E-state index >= 15 is 0 Å². The van der Waals surface area contributed by atoms with E-state index in [1.165, 1.54) is 17.8 Å². The normalized spacial score (nSPS) is 17.6. The number of piperidine rings is 1. The molecule has 190 valence electrons. The molecule has 0 saturated carbocycles. The fourth-order valence-electron chi connectivity index (χ4n) is 4.54. The number of esters is 1. The maximum atomic E-state index is 13.4. The van der Waals surface area contributed by atoms with Gasteiger partial charge < -0.3 is 19.3 Å². The van der Waals surface area contributed by atoms with Crippen LogP contribution >= 0.6 is 11.8 Å². The summed E-state index contributed by atoms with van der Waals surface area (Å²) >= 11 is 1.51. The van der Waals surface area contributed by atoms with Gasteiger partial charge in [0.1, 0.15) is 0 Å². The number of carbonyl (C=O) groups excluding carboxylic acids is 1. The Labute approximate surface area is 208 Å². The molecule has 1 fully saturated rings. The maximum absolute atomic E-state index is 13.4. The molecule has 4 rings (SSSR count). The predicted molar refractivity (Wildman–Crippen MR) is 130 cm³/mol. The van der Waals surface area contributed by atoms with Crippen LogP contribution in [-0.2, 0) is 20.4 Å². The number of anilines is 2. The van der Waals surface area contributed by atoms with Crippen LogP contribution in [-0.4, -0.2) is 49.4 Å². The molecule has 0 aromatic heterocycles. The molecule has 0 bridgehead atoms. The molecule has 2 aromatic rings. The third kappa shape index (κ3) is 6.51. The Kier molecular flexibility index (Phi) is 8.29. The zero-order chi connectivity index (χ0) is 25.0. The van der Waals surface area contributed by atoms with Gasteiger partial charge in [-0.15, -0.1) is 0 Å². The molecular formula is C26H31F3N2O3S. The van der Waals surface area contributed by atoms with Crippen molar-refractivity contribution in [1.29, 1.82) is 0 Å². The zero-order valence-electron chi connectivity index (χ0n) is 20.0. The fraction of sp³-hybridized carbons (Fsp3) is 0.500. The van der Waals surface area contributed by atoms with E-state index < -0.39 is 18.0 Å². The second-order valence-electron chi connectivity index (χ2n) is 8.84. The number of ether oxygens (including phenoxy) is 2. The molecule has 0 N–H and O–H groups in total. The van der Waals surface area contributed by atoms with Crippen LogP contribution in [0.4, 0.5) is 24.5 Å². The Balaban J connectivity index is 1.34. The molecule has 1 atom stereocenters. The number of likely N-dealkylation sites (tertiary alicyclic amines) is 1. The number of benzene rings is 2. The number of hydrogen-bond acceptors (Lipinski definition) is 6. The van der Waals surface area contributed by atoms with Crippen molar-refractivity contribution in [3.05, 3.63) is 48.0 Å². The highest BCUT2D eigenvalue weighted by molar-refractivity contribution is 7.99. The number of fused-ring (bicyclic) bond motifs is 2. The Morgan fingerprint density at radius 2 is 1.80 bits per heavy atom. The molecule has 2 aliphatic heterocycles. The van der Waals surface area contributed by atoms with E-state index in [0.29, 0.717) is 18.7 Å². The maximum Gasteiger partial charge on any atom is 0.416 e. The molecule has 0 radical (unpaired) electrons. The van der Waals surface area contributed by atoms with Crippen LogP contribution in [0.3, 0.4) is 0 Å². The molecule has 2 heterocycles. The van der Waals surface area contributed by atoms with Gasteiger partial charge in [0.2, 0.25) is 0 Å². The monoisotopic (exact) mass is 508 g/mol.